The highest BCUT2D eigenvalue weighted by atomic mass is 16.5. The van der Waals surface area contributed by atoms with Gasteiger partial charge in [0.25, 0.3) is 5.91 Å². The lowest BCUT2D eigenvalue weighted by Gasteiger charge is -2.28. The van der Waals surface area contributed by atoms with E-state index in [4.69, 9.17) is 4.74 Å². The van der Waals surface area contributed by atoms with Crippen molar-refractivity contribution < 1.29 is 14.3 Å². The highest BCUT2D eigenvalue weighted by Gasteiger charge is 2.15. The van der Waals surface area contributed by atoms with Gasteiger partial charge in [0.2, 0.25) is 0 Å². The van der Waals surface area contributed by atoms with E-state index in [1.807, 2.05) is 24.3 Å². The van der Waals surface area contributed by atoms with Gasteiger partial charge in [-0.1, -0.05) is 36.4 Å². The van der Waals surface area contributed by atoms with Crippen LogP contribution in [0.5, 0.6) is 5.75 Å². The Labute approximate surface area is 187 Å². The summed E-state index contributed by atoms with van der Waals surface area (Å²) >= 11 is 0. The van der Waals surface area contributed by atoms with E-state index >= 15 is 0 Å². The molecule has 0 bridgehead atoms. The lowest BCUT2D eigenvalue weighted by Crippen LogP contribution is -2.30. The van der Waals surface area contributed by atoms with Crippen LogP contribution in [0.3, 0.4) is 0 Å². The zero-order valence-corrected chi connectivity index (χ0v) is 18.0. The van der Waals surface area contributed by atoms with Crippen LogP contribution < -0.4 is 10.2 Å². The molecule has 0 aromatic heterocycles. The first kappa shape index (κ1) is 21.5. The maximum atomic E-state index is 12.4. The van der Waals surface area contributed by atoms with Crippen LogP contribution in [0.1, 0.15) is 39.5 Å². The van der Waals surface area contributed by atoms with Crippen molar-refractivity contribution in [2.24, 2.45) is 5.10 Å². The van der Waals surface area contributed by atoms with E-state index in [-0.39, 0.29) is 11.9 Å². The second kappa shape index (κ2) is 10.0. The molecule has 0 atom stereocenters. The monoisotopic (exact) mass is 427 g/mol. The quantitative estimate of drug-likeness (QED) is 0.280. The lowest BCUT2D eigenvalue weighted by molar-refractivity contribution is -0.131. The summed E-state index contributed by atoms with van der Waals surface area (Å²) in [6.45, 7) is 4.20. The van der Waals surface area contributed by atoms with Gasteiger partial charge in [0.05, 0.1) is 6.21 Å². The number of carbonyl (C=O) groups excluding carboxylic acids is 2. The third-order valence-corrected chi connectivity index (χ3v) is 5.35. The summed E-state index contributed by atoms with van der Waals surface area (Å²) in [5.41, 5.74) is 7.89. The Morgan fingerprint density at radius 3 is 2.44 bits per heavy atom. The summed E-state index contributed by atoms with van der Waals surface area (Å²) in [5.74, 6) is -0.172. The predicted molar refractivity (Wildman–Crippen MR) is 124 cm³/mol. The number of esters is 1. The summed E-state index contributed by atoms with van der Waals surface area (Å²) in [6, 6.07) is 23.1. The van der Waals surface area contributed by atoms with Crippen molar-refractivity contribution in [1.29, 1.82) is 0 Å². The molecule has 0 fully saturated rings. The van der Waals surface area contributed by atoms with Gasteiger partial charge in [0.15, 0.2) is 0 Å². The first-order valence-corrected chi connectivity index (χ1v) is 10.6. The van der Waals surface area contributed by atoms with Crippen molar-refractivity contribution in [3.63, 3.8) is 0 Å². The number of hydrazone groups is 1. The van der Waals surface area contributed by atoms with Crippen molar-refractivity contribution in [3.05, 3.63) is 101 Å². The number of ether oxygens (including phenoxy) is 1. The van der Waals surface area contributed by atoms with Gasteiger partial charge in [-0.2, -0.15) is 5.10 Å². The van der Waals surface area contributed by atoms with Gasteiger partial charge in [-0.25, -0.2) is 5.43 Å². The molecule has 1 amide bonds. The third kappa shape index (κ3) is 5.68. The molecule has 32 heavy (non-hydrogen) atoms. The van der Waals surface area contributed by atoms with Crippen LogP contribution in [-0.2, 0) is 24.3 Å². The Morgan fingerprint density at radius 2 is 1.72 bits per heavy atom. The van der Waals surface area contributed by atoms with Crippen LogP contribution in [0.4, 0.5) is 0 Å². The Hall–Kier alpha value is -3.77. The summed E-state index contributed by atoms with van der Waals surface area (Å²) in [7, 11) is 0. The largest absolute Gasteiger partial charge is 0.427 e. The molecule has 1 aliphatic heterocycles. The number of nitrogens with zero attached hydrogens (tertiary/aromatic N) is 2. The number of carbonyl (C=O) groups is 2. The fourth-order valence-electron chi connectivity index (χ4n) is 3.73. The Morgan fingerprint density at radius 1 is 1.00 bits per heavy atom. The molecule has 1 heterocycles. The zero-order chi connectivity index (χ0) is 22.3. The molecular formula is C26H25N3O3. The highest BCUT2D eigenvalue weighted by molar-refractivity contribution is 5.94. The van der Waals surface area contributed by atoms with E-state index in [1.54, 1.807) is 24.3 Å². The van der Waals surface area contributed by atoms with E-state index in [0.29, 0.717) is 11.3 Å². The predicted octanol–water partition coefficient (Wildman–Crippen LogP) is 3.93. The van der Waals surface area contributed by atoms with E-state index < -0.39 is 0 Å². The average Bonchev–Trinajstić information content (AvgIpc) is 2.80. The van der Waals surface area contributed by atoms with E-state index in [0.717, 1.165) is 31.6 Å². The first-order chi connectivity index (χ1) is 15.6. The van der Waals surface area contributed by atoms with E-state index in [2.05, 4.69) is 39.7 Å². The molecule has 3 aromatic rings. The van der Waals surface area contributed by atoms with Gasteiger partial charge >= 0.3 is 5.97 Å². The molecule has 0 spiro atoms. The maximum Gasteiger partial charge on any atom is 0.308 e. The fraction of sp³-hybridized carbons (Fsp3) is 0.192. The van der Waals surface area contributed by atoms with Crippen molar-refractivity contribution in [2.45, 2.75) is 26.4 Å². The average molecular weight is 428 g/mol. The van der Waals surface area contributed by atoms with Crippen molar-refractivity contribution in [1.82, 2.24) is 10.3 Å². The van der Waals surface area contributed by atoms with Crippen LogP contribution >= 0.6 is 0 Å². The summed E-state index contributed by atoms with van der Waals surface area (Å²) in [6.07, 6.45) is 2.61. The third-order valence-electron chi connectivity index (χ3n) is 5.35. The minimum absolute atomic E-state index is 0.267. The van der Waals surface area contributed by atoms with Crippen molar-refractivity contribution >= 4 is 18.1 Å². The molecule has 162 valence electrons. The van der Waals surface area contributed by atoms with Crippen LogP contribution in [0, 0.1) is 0 Å². The molecule has 0 saturated heterocycles. The molecule has 6 heteroatoms. The Balaban J connectivity index is 1.28. The van der Waals surface area contributed by atoms with Gasteiger partial charge in [0, 0.05) is 32.1 Å². The number of hydrogen-bond acceptors (Lipinski definition) is 5. The topological polar surface area (TPSA) is 71.0 Å². The highest BCUT2D eigenvalue weighted by Crippen LogP contribution is 2.20. The van der Waals surface area contributed by atoms with Crippen molar-refractivity contribution in [2.75, 3.05) is 6.54 Å². The molecule has 0 radical (unpaired) electrons. The second-order valence-electron chi connectivity index (χ2n) is 7.79. The van der Waals surface area contributed by atoms with E-state index in [9.17, 15) is 9.59 Å². The molecule has 1 aliphatic rings. The Kier molecular flexibility index (Phi) is 6.72. The molecule has 0 saturated carbocycles. The molecule has 0 aliphatic carbocycles. The van der Waals surface area contributed by atoms with E-state index in [1.165, 1.54) is 29.8 Å². The van der Waals surface area contributed by atoms with Gasteiger partial charge in [0.1, 0.15) is 5.75 Å². The van der Waals surface area contributed by atoms with Gasteiger partial charge in [-0.15, -0.1) is 0 Å². The number of fused-ring (bicyclic) bond motifs is 1. The standard InChI is InChI=1S/C26H25N3O3/c1-19(30)32-25-12-8-20(9-13-25)16-27-28-26(31)23-10-6-21(7-11-23)17-29-15-14-22-4-2-3-5-24(22)18-29/h2-13,16H,14-15,17-18H2,1H3,(H,28,31)/b27-16+. The molecule has 0 unspecified atom stereocenters. The Bertz CT molecular complexity index is 1120. The number of hydrogen-bond donors (Lipinski definition) is 1. The number of amides is 1. The smallest absolute Gasteiger partial charge is 0.308 e. The number of benzene rings is 3. The lowest BCUT2D eigenvalue weighted by atomic mass is 9.99. The van der Waals surface area contributed by atoms with Crippen molar-refractivity contribution in [3.8, 4) is 5.75 Å². The number of nitrogens with one attached hydrogen (secondary N) is 1. The molecule has 3 aromatic carbocycles. The van der Waals surface area contributed by atoms with Gasteiger partial charge in [-0.3, -0.25) is 14.5 Å². The van der Waals surface area contributed by atoms with Gasteiger partial charge < -0.3 is 4.74 Å². The second-order valence-corrected chi connectivity index (χ2v) is 7.79. The summed E-state index contributed by atoms with van der Waals surface area (Å²) < 4.78 is 4.99. The van der Waals surface area contributed by atoms with Crippen LogP contribution in [0.25, 0.3) is 0 Å². The molecule has 6 nitrogen and oxygen atoms in total. The first-order valence-electron chi connectivity index (χ1n) is 10.6. The molecule has 1 N–H and O–H groups in total. The minimum Gasteiger partial charge on any atom is -0.427 e. The maximum absolute atomic E-state index is 12.4. The molecule has 4 rings (SSSR count). The SMILES string of the molecule is CC(=O)Oc1ccc(/C=N/NC(=O)c2ccc(CN3CCc4ccccc4C3)cc2)cc1. The van der Waals surface area contributed by atoms with Gasteiger partial charge in [-0.05, 0) is 65.1 Å². The van der Waals surface area contributed by atoms with Crippen LogP contribution in [-0.4, -0.2) is 29.5 Å². The zero-order valence-electron chi connectivity index (χ0n) is 18.0. The molecular weight excluding hydrogens is 402 g/mol. The minimum atomic E-state index is -0.369. The summed E-state index contributed by atoms with van der Waals surface area (Å²) in [5, 5.41) is 4.01. The number of rotatable bonds is 6. The fourth-order valence-corrected chi connectivity index (χ4v) is 3.73. The normalized spacial score (nSPS) is 13.5. The van der Waals surface area contributed by atoms with Crippen LogP contribution in [0.15, 0.2) is 77.9 Å². The van der Waals surface area contributed by atoms with Crippen LogP contribution in [0.2, 0.25) is 0 Å². The summed E-state index contributed by atoms with van der Waals surface area (Å²) in [4.78, 5) is 25.7.